The highest BCUT2D eigenvalue weighted by molar-refractivity contribution is 9.10. The quantitative estimate of drug-likeness (QED) is 0.644. The van der Waals surface area contributed by atoms with E-state index in [9.17, 15) is 4.79 Å². The predicted molar refractivity (Wildman–Crippen MR) is 107 cm³/mol. The molecule has 1 atom stereocenters. The van der Waals surface area contributed by atoms with Gasteiger partial charge in [-0.3, -0.25) is 4.79 Å². The van der Waals surface area contributed by atoms with E-state index in [-0.39, 0.29) is 18.4 Å². The number of halogens is 1. The van der Waals surface area contributed by atoms with E-state index in [1.807, 2.05) is 54.7 Å². The van der Waals surface area contributed by atoms with Crippen molar-refractivity contribution in [3.8, 4) is 23.8 Å². The number of amides is 1. The minimum Gasteiger partial charge on any atom is -0.481 e. The van der Waals surface area contributed by atoms with Crippen LogP contribution in [0.1, 0.15) is 23.5 Å². The summed E-state index contributed by atoms with van der Waals surface area (Å²) in [6.45, 7) is 0.231. The van der Waals surface area contributed by atoms with Crippen molar-refractivity contribution >= 4 is 27.7 Å². The molecule has 2 heterocycles. The highest BCUT2D eigenvalue weighted by atomic mass is 79.9. The van der Waals surface area contributed by atoms with Gasteiger partial charge in [0.1, 0.15) is 18.2 Å². The van der Waals surface area contributed by atoms with Gasteiger partial charge in [-0.25, -0.2) is 4.68 Å². The second-order valence-electron chi connectivity index (χ2n) is 6.20. The number of anilines is 1. The molecule has 0 spiro atoms. The maximum Gasteiger partial charge on any atom is 0.226 e. The monoisotopic (exact) mass is 421 g/mol. The van der Waals surface area contributed by atoms with Crippen molar-refractivity contribution in [2.75, 3.05) is 11.9 Å². The third-order valence-corrected chi connectivity index (χ3v) is 5.02. The third kappa shape index (κ3) is 3.46. The van der Waals surface area contributed by atoms with Crippen molar-refractivity contribution in [3.05, 3.63) is 70.3 Å². The number of carbonyl (C=O) groups is 1. The molecule has 2 aromatic carbocycles. The van der Waals surface area contributed by atoms with Gasteiger partial charge in [-0.15, -0.1) is 6.42 Å². The van der Waals surface area contributed by atoms with Gasteiger partial charge in [-0.2, -0.15) is 5.10 Å². The molecule has 27 heavy (non-hydrogen) atoms. The third-order valence-electron chi connectivity index (χ3n) is 4.50. The van der Waals surface area contributed by atoms with Gasteiger partial charge in [-0.1, -0.05) is 34.0 Å². The summed E-state index contributed by atoms with van der Waals surface area (Å²) in [7, 11) is 0. The number of aromatic nitrogens is 2. The lowest BCUT2D eigenvalue weighted by atomic mass is 9.87. The first-order valence-corrected chi connectivity index (χ1v) is 9.25. The zero-order chi connectivity index (χ0) is 18.8. The molecule has 0 fully saturated rings. The standard InChI is InChI=1S/C21H16BrN3O2/c1-2-11-27-17-9-3-14(4-10-17)18-12-20(26)24-21-19(18)13-23-25(21)16-7-5-15(22)6-8-16/h1,3-10,13,18H,11-12H2,(H,24,26)/t18-/m1/s1. The number of fused-ring (bicyclic) bond motifs is 1. The first-order chi connectivity index (χ1) is 13.2. The van der Waals surface area contributed by atoms with Crippen LogP contribution in [0.5, 0.6) is 5.75 Å². The lowest BCUT2D eigenvalue weighted by molar-refractivity contribution is -0.116. The summed E-state index contributed by atoms with van der Waals surface area (Å²) in [5.74, 6) is 3.79. The molecule has 4 rings (SSSR count). The van der Waals surface area contributed by atoms with Crippen molar-refractivity contribution < 1.29 is 9.53 Å². The van der Waals surface area contributed by atoms with Crippen LogP contribution < -0.4 is 10.1 Å². The molecule has 1 aromatic heterocycles. The molecule has 0 radical (unpaired) electrons. The molecule has 1 aliphatic rings. The molecule has 3 aromatic rings. The van der Waals surface area contributed by atoms with E-state index in [0.717, 1.165) is 21.3 Å². The Morgan fingerprint density at radius 3 is 2.67 bits per heavy atom. The van der Waals surface area contributed by atoms with Gasteiger partial charge in [0.15, 0.2) is 0 Å². The summed E-state index contributed by atoms with van der Waals surface area (Å²) in [6, 6.07) is 15.5. The molecular weight excluding hydrogens is 406 g/mol. The van der Waals surface area contributed by atoms with Gasteiger partial charge < -0.3 is 10.1 Å². The Labute approximate surface area is 165 Å². The SMILES string of the molecule is C#CCOc1ccc([C@H]2CC(=O)Nc3c2cnn3-c2ccc(Br)cc2)cc1. The number of hydrogen-bond donors (Lipinski definition) is 1. The average Bonchev–Trinajstić information content (AvgIpc) is 3.10. The van der Waals surface area contributed by atoms with Crippen molar-refractivity contribution in [1.29, 1.82) is 0 Å². The number of terminal acetylenes is 1. The molecule has 6 heteroatoms. The van der Waals surface area contributed by atoms with Gasteiger partial charge in [-0.05, 0) is 42.0 Å². The van der Waals surface area contributed by atoms with E-state index in [1.165, 1.54) is 0 Å². The number of nitrogens with one attached hydrogen (secondary N) is 1. The topological polar surface area (TPSA) is 56.1 Å². The van der Waals surface area contributed by atoms with Crippen molar-refractivity contribution in [2.45, 2.75) is 12.3 Å². The lowest BCUT2D eigenvalue weighted by Gasteiger charge is -2.24. The van der Waals surface area contributed by atoms with Crippen LogP contribution in [-0.4, -0.2) is 22.3 Å². The largest absolute Gasteiger partial charge is 0.481 e. The van der Waals surface area contributed by atoms with Crippen molar-refractivity contribution in [1.82, 2.24) is 9.78 Å². The summed E-state index contributed by atoms with van der Waals surface area (Å²) in [6.07, 6.45) is 7.42. The number of benzene rings is 2. The Bertz CT molecular complexity index is 1020. The van der Waals surface area contributed by atoms with Gasteiger partial charge in [0.2, 0.25) is 5.91 Å². The molecule has 5 nitrogen and oxygen atoms in total. The van der Waals surface area contributed by atoms with E-state index < -0.39 is 0 Å². The Hall–Kier alpha value is -3.04. The van der Waals surface area contributed by atoms with Crippen LogP contribution in [0.2, 0.25) is 0 Å². The predicted octanol–water partition coefficient (Wildman–Crippen LogP) is 4.12. The summed E-state index contributed by atoms with van der Waals surface area (Å²) in [4.78, 5) is 12.3. The van der Waals surface area contributed by atoms with Crippen LogP contribution in [0.3, 0.4) is 0 Å². The van der Waals surface area contributed by atoms with Crippen LogP contribution in [0, 0.1) is 12.3 Å². The molecule has 0 aliphatic carbocycles. The van der Waals surface area contributed by atoms with Gasteiger partial charge in [0.25, 0.3) is 0 Å². The second kappa shape index (κ2) is 7.29. The Kier molecular flexibility index (Phi) is 4.69. The summed E-state index contributed by atoms with van der Waals surface area (Å²) >= 11 is 3.43. The highest BCUT2D eigenvalue weighted by Gasteiger charge is 2.30. The number of rotatable bonds is 4. The van der Waals surface area contributed by atoms with Crippen molar-refractivity contribution in [3.63, 3.8) is 0 Å². The van der Waals surface area contributed by atoms with E-state index in [4.69, 9.17) is 11.2 Å². The number of carbonyl (C=O) groups excluding carboxylic acids is 1. The van der Waals surface area contributed by atoms with Gasteiger partial charge in [0, 0.05) is 22.4 Å². The minimum atomic E-state index is -0.0559. The maximum atomic E-state index is 12.3. The van der Waals surface area contributed by atoms with Crippen LogP contribution in [0.15, 0.2) is 59.2 Å². The molecule has 0 bridgehead atoms. The Balaban J connectivity index is 1.69. The van der Waals surface area contributed by atoms with Crippen LogP contribution in [0.4, 0.5) is 5.82 Å². The smallest absolute Gasteiger partial charge is 0.226 e. The van der Waals surface area contributed by atoms with E-state index in [2.05, 4.69) is 32.3 Å². The molecule has 0 saturated carbocycles. The zero-order valence-electron chi connectivity index (χ0n) is 14.4. The molecule has 0 unspecified atom stereocenters. The second-order valence-corrected chi connectivity index (χ2v) is 7.12. The molecule has 1 amide bonds. The Morgan fingerprint density at radius 2 is 1.96 bits per heavy atom. The molecule has 1 N–H and O–H groups in total. The fraction of sp³-hybridized carbons (Fsp3) is 0.143. The first-order valence-electron chi connectivity index (χ1n) is 8.45. The zero-order valence-corrected chi connectivity index (χ0v) is 15.9. The summed E-state index contributed by atoms with van der Waals surface area (Å²) < 4.78 is 8.17. The highest BCUT2D eigenvalue weighted by Crippen LogP contribution is 2.38. The van der Waals surface area contributed by atoms with E-state index >= 15 is 0 Å². The van der Waals surface area contributed by atoms with Gasteiger partial charge in [0.05, 0.1) is 11.9 Å². The fourth-order valence-corrected chi connectivity index (χ4v) is 3.48. The molecule has 0 saturated heterocycles. The average molecular weight is 422 g/mol. The lowest BCUT2D eigenvalue weighted by Crippen LogP contribution is -2.24. The minimum absolute atomic E-state index is 0.0287. The number of hydrogen-bond acceptors (Lipinski definition) is 3. The maximum absolute atomic E-state index is 12.3. The molecule has 134 valence electrons. The summed E-state index contributed by atoms with van der Waals surface area (Å²) in [5, 5.41) is 7.47. The van der Waals surface area contributed by atoms with Gasteiger partial charge >= 0.3 is 0 Å². The fourth-order valence-electron chi connectivity index (χ4n) is 3.22. The van der Waals surface area contributed by atoms with Crippen LogP contribution in [-0.2, 0) is 4.79 Å². The first kappa shape index (κ1) is 17.4. The number of ether oxygens (including phenoxy) is 1. The summed E-state index contributed by atoms with van der Waals surface area (Å²) in [5.41, 5.74) is 2.92. The Morgan fingerprint density at radius 1 is 1.22 bits per heavy atom. The normalized spacial score (nSPS) is 15.6. The van der Waals surface area contributed by atoms with Crippen LogP contribution >= 0.6 is 15.9 Å². The van der Waals surface area contributed by atoms with E-state index in [0.29, 0.717) is 18.0 Å². The molecule has 1 aliphatic heterocycles. The molecular formula is C21H16BrN3O2. The van der Waals surface area contributed by atoms with Crippen molar-refractivity contribution in [2.24, 2.45) is 0 Å². The van der Waals surface area contributed by atoms with E-state index in [1.54, 1.807) is 4.68 Å². The number of nitrogens with zero attached hydrogens (tertiary/aromatic N) is 2. The van der Waals surface area contributed by atoms with Crippen LogP contribution in [0.25, 0.3) is 5.69 Å².